The first kappa shape index (κ1) is 24.4. The summed E-state index contributed by atoms with van der Waals surface area (Å²) in [5.41, 5.74) is 0.741. The fourth-order valence-electron chi connectivity index (χ4n) is 3.94. The standard InChI is InChI=1S/C23H29ClN2O5S/c1-15(2)12-25-23(27)20-14-26(32(28,29)17-10-8-16(24)9-11-17)13-19(20)18-6-5-7-21(30-3)22(18)31-4/h5-11,15,19-20H,12-14H2,1-4H3,(H,25,27). The molecule has 2 aromatic rings. The summed E-state index contributed by atoms with van der Waals surface area (Å²) in [4.78, 5) is 13.3. The highest BCUT2D eigenvalue weighted by molar-refractivity contribution is 7.89. The van der Waals surface area contributed by atoms with Crippen molar-refractivity contribution in [2.45, 2.75) is 24.7 Å². The van der Waals surface area contributed by atoms with Gasteiger partial charge < -0.3 is 14.8 Å². The van der Waals surface area contributed by atoms with Crippen molar-refractivity contribution in [3.63, 3.8) is 0 Å². The molecule has 2 atom stereocenters. The smallest absolute Gasteiger partial charge is 0.243 e. The molecule has 1 N–H and O–H groups in total. The lowest BCUT2D eigenvalue weighted by Gasteiger charge is -2.22. The van der Waals surface area contributed by atoms with Crippen LogP contribution in [-0.4, -0.2) is 52.5 Å². The first-order valence-electron chi connectivity index (χ1n) is 10.4. The molecule has 0 aliphatic carbocycles. The molecule has 2 aromatic carbocycles. The van der Waals surface area contributed by atoms with Crippen LogP contribution in [0.25, 0.3) is 0 Å². The summed E-state index contributed by atoms with van der Waals surface area (Å²) < 4.78 is 39.0. The van der Waals surface area contributed by atoms with Crippen molar-refractivity contribution in [2.24, 2.45) is 11.8 Å². The van der Waals surface area contributed by atoms with Gasteiger partial charge in [0, 0.05) is 36.1 Å². The second-order valence-electron chi connectivity index (χ2n) is 8.21. The van der Waals surface area contributed by atoms with E-state index in [4.69, 9.17) is 21.1 Å². The van der Waals surface area contributed by atoms with Crippen molar-refractivity contribution in [3.05, 3.63) is 53.1 Å². The number of sulfonamides is 1. The molecule has 1 fully saturated rings. The van der Waals surface area contributed by atoms with Crippen LogP contribution in [0, 0.1) is 11.8 Å². The Labute approximate surface area is 194 Å². The maximum Gasteiger partial charge on any atom is 0.243 e. The number of carbonyl (C=O) groups is 1. The molecule has 0 bridgehead atoms. The summed E-state index contributed by atoms with van der Waals surface area (Å²) in [5, 5.41) is 3.41. The molecule has 32 heavy (non-hydrogen) atoms. The van der Waals surface area contributed by atoms with Crippen LogP contribution in [0.3, 0.4) is 0 Å². The summed E-state index contributed by atoms with van der Waals surface area (Å²) in [7, 11) is -0.731. The van der Waals surface area contributed by atoms with E-state index >= 15 is 0 Å². The number of para-hydroxylation sites is 1. The van der Waals surface area contributed by atoms with Crippen LogP contribution < -0.4 is 14.8 Å². The number of hydrogen-bond acceptors (Lipinski definition) is 5. The van der Waals surface area contributed by atoms with E-state index in [1.165, 1.54) is 23.5 Å². The summed E-state index contributed by atoms with van der Waals surface area (Å²) in [6.07, 6.45) is 0. The van der Waals surface area contributed by atoms with E-state index in [2.05, 4.69) is 5.32 Å². The number of rotatable bonds is 8. The highest BCUT2D eigenvalue weighted by atomic mass is 35.5. The van der Waals surface area contributed by atoms with Gasteiger partial charge >= 0.3 is 0 Å². The Balaban J connectivity index is 2.00. The van der Waals surface area contributed by atoms with Gasteiger partial charge in [-0.2, -0.15) is 4.31 Å². The van der Waals surface area contributed by atoms with Gasteiger partial charge in [0.25, 0.3) is 0 Å². The van der Waals surface area contributed by atoms with Gasteiger partial charge in [0.1, 0.15) is 0 Å². The molecular weight excluding hydrogens is 452 g/mol. The summed E-state index contributed by atoms with van der Waals surface area (Å²) in [5.74, 6) is 0.172. The zero-order chi connectivity index (χ0) is 23.5. The van der Waals surface area contributed by atoms with Crippen molar-refractivity contribution in [3.8, 4) is 11.5 Å². The quantitative estimate of drug-likeness (QED) is 0.624. The van der Waals surface area contributed by atoms with Gasteiger partial charge in [-0.3, -0.25) is 4.79 Å². The predicted molar refractivity (Wildman–Crippen MR) is 124 cm³/mol. The van der Waals surface area contributed by atoms with Crippen molar-refractivity contribution in [2.75, 3.05) is 33.9 Å². The summed E-state index contributed by atoms with van der Waals surface area (Å²) in [6, 6.07) is 11.5. The van der Waals surface area contributed by atoms with Gasteiger partial charge in [-0.05, 0) is 36.2 Å². The maximum atomic E-state index is 13.3. The van der Waals surface area contributed by atoms with E-state index in [1.54, 1.807) is 25.3 Å². The third-order valence-corrected chi connectivity index (χ3v) is 7.69. The molecule has 9 heteroatoms. The third kappa shape index (κ3) is 5.03. The SMILES string of the molecule is COc1cccc(C2CN(S(=O)(=O)c3ccc(Cl)cc3)CC2C(=O)NCC(C)C)c1OC. The Bertz CT molecular complexity index is 1060. The van der Waals surface area contributed by atoms with Crippen molar-refractivity contribution >= 4 is 27.5 Å². The van der Waals surface area contributed by atoms with E-state index in [0.29, 0.717) is 23.1 Å². The number of benzene rings is 2. The van der Waals surface area contributed by atoms with Gasteiger partial charge in [-0.25, -0.2) is 8.42 Å². The number of nitrogens with zero attached hydrogens (tertiary/aromatic N) is 1. The van der Waals surface area contributed by atoms with E-state index < -0.39 is 21.9 Å². The highest BCUT2D eigenvalue weighted by Gasteiger charge is 2.44. The van der Waals surface area contributed by atoms with Crippen LogP contribution in [0.1, 0.15) is 25.3 Å². The fraction of sp³-hybridized carbons (Fsp3) is 0.435. The Morgan fingerprint density at radius 2 is 1.81 bits per heavy atom. The molecule has 174 valence electrons. The van der Waals surface area contributed by atoms with Crippen LogP contribution in [-0.2, 0) is 14.8 Å². The second-order valence-corrected chi connectivity index (χ2v) is 10.6. The molecule has 0 saturated carbocycles. The van der Waals surface area contributed by atoms with Gasteiger partial charge in [-0.1, -0.05) is 37.6 Å². The van der Waals surface area contributed by atoms with E-state index in [-0.39, 0.29) is 29.8 Å². The Hall–Kier alpha value is -2.29. The topological polar surface area (TPSA) is 84.9 Å². The molecule has 3 rings (SSSR count). The van der Waals surface area contributed by atoms with Crippen LogP contribution in [0.2, 0.25) is 5.02 Å². The Morgan fingerprint density at radius 3 is 2.41 bits per heavy atom. The number of hydrogen-bond donors (Lipinski definition) is 1. The minimum absolute atomic E-state index is 0.0694. The molecule has 1 heterocycles. The van der Waals surface area contributed by atoms with Crippen molar-refractivity contribution in [1.82, 2.24) is 9.62 Å². The molecule has 7 nitrogen and oxygen atoms in total. The number of amides is 1. The van der Waals surface area contributed by atoms with E-state index in [1.807, 2.05) is 26.0 Å². The third-order valence-electron chi connectivity index (χ3n) is 5.59. The molecule has 0 radical (unpaired) electrons. The summed E-state index contributed by atoms with van der Waals surface area (Å²) >= 11 is 5.92. The van der Waals surface area contributed by atoms with Crippen LogP contribution >= 0.6 is 11.6 Å². The predicted octanol–water partition coefficient (Wildman–Crippen LogP) is 3.53. The maximum absolute atomic E-state index is 13.3. The lowest BCUT2D eigenvalue weighted by Crippen LogP contribution is -2.37. The molecule has 1 aliphatic heterocycles. The van der Waals surface area contributed by atoms with Crippen molar-refractivity contribution < 1.29 is 22.7 Å². The summed E-state index contributed by atoms with van der Waals surface area (Å²) in [6.45, 7) is 4.75. The lowest BCUT2D eigenvalue weighted by atomic mass is 9.87. The molecular formula is C23H29ClN2O5S. The average molecular weight is 481 g/mol. The van der Waals surface area contributed by atoms with Crippen LogP contribution in [0.15, 0.2) is 47.4 Å². The molecule has 1 amide bonds. The van der Waals surface area contributed by atoms with Gasteiger partial charge in [0.2, 0.25) is 15.9 Å². The van der Waals surface area contributed by atoms with Crippen LogP contribution in [0.5, 0.6) is 11.5 Å². The minimum Gasteiger partial charge on any atom is -0.493 e. The van der Waals surface area contributed by atoms with Gasteiger partial charge in [0.05, 0.1) is 25.0 Å². The molecule has 0 spiro atoms. The molecule has 2 unspecified atom stereocenters. The van der Waals surface area contributed by atoms with E-state index in [0.717, 1.165) is 5.56 Å². The van der Waals surface area contributed by atoms with E-state index in [9.17, 15) is 13.2 Å². The molecule has 1 aliphatic rings. The van der Waals surface area contributed by atoms with Gasteiger partial charge in [-0.15, -0.1) is 0 Å². The number of halogens is 1. The lowest BCUT2D eigenvalue weighted by molar-refractivity contribution is -0.125. The number of carbonyl (C=O) groups excluding carboxylic acids is 1. The number of ether oxygens (including phenoxy) is 2. The Morgan fingerprint density at radius 1 is 1.12 bits per heavy atom. The average Bonchev–Trinajstić information content (AvgIpc) is 3.23. The molecule has 0 aromatic heterocycles. The zero-order valence-corrected chi connectivity index (χ0v) is 20.2. The van der Waals surface area contributed by atoms with Crippen molar-refractivity contribution in [1.29, 1.82) is 0 Å². The molecule has 1 saturated heterocycles. The second kappa shape index (κ2) is 10.1. The monoisotopic (exact) mass is 480 g/mol. The first-order chi connectivity index (χ1) is 15.2. The minimum atomic E-state index is -3.81. The largest absolute Gasteiger partial charge is 0.493 e. The Kier molecular flexibility index (Phi) is 7.69. The normalized spacial score (nSPS) is 19.2. The highest BCUT2D eigenvalue weighted by Crippen LogP contribution is 2.43. The van der Waals surface area contributed by atoms with Crippen LogP contribution in [0.4, 0.5) is 0 Å². The number of nitrogens with one attached hydrogen (secondary N) is 1. The first-order valence-corrected chi connectivity index (χ1v) is 12.2. The number of methoxy groups -OCH3 is 2. The fourth-order valence-corrected chi connectivity index (χ4v) is 5.56. The zero-order valence-electron chi connectivity index (χ0n) is 18.7. The van der Waals surface area contributed by atoms with Gasteiger partial charge in [0.15, 0.2) is 11.5 Å².